The van der Waals surface area contributed by atoms with Gasteiger partial charge in [-0.25, -0.2) is 0 Å². The van der Waals surface area contributed by atoms with E-state index in [9.17, 15) is 0 Å². The average molecular weight is 380 g/mol. The van der Waals surface area contributed by atoms with Gasteiger partial charge >= 0.3 is 0 Å². The third kappa shape index (κ3) is 2.18. The van der Waals surface area contributed by atoms with Crippen molar-refractivity contribution >= 4 is 0 Å². The smallest absolute Gasteiger partial charge is 0.0138 e. The lowest BCUT2D eigenvalue weighted by atomic mass is 9.47. The Morgan fingerprint density at radius 2 is 1.86 bits per heavy atom. The van der Waals surface area contributed by atoms with Crippen molar-refractivity contribution in [3.63, 3.8) is 0 Å². The molecule has 0 aromatic rings. The van der Waals surface area contributed by atoms with E-state index in [0.29, 0.717) is 10.8 Å². The maximum Gasteiger partial charge on any atom is 0.0138 e. The molecule has 1 heteroatoms. The Kier molecular flexibility index (Phi) is 3.90. The summed E-state index contributed by atoms with van der Waals surface area (Å²) < 4.78 is 0. The molecule has 154 valence electrons. The quantitative estimate of drug-likeness (QED) is 0.467. The molecule has 28 heavy (non-hydrogen) atoms. The van der Waals surface area contributed by atoms with Crippen LogP contribution in [0.2, 0.25) is 0 Å². The number of rotatable bonds is 0. The fourth-order valence-corrected chi connectivity index (χ4v) is 10.0. The van der Waals surface area contributed by atoms with Gasteiger partial charge in [-0.15, -0.1) is 0 Å². The van der Waals surface area contributed by atoms with Crippen LogP contribution in [0.5, 0.6) is 0 Å². The maximum absolute atomic E-state index is 3.04. The van der Waals surface area contributed by atoms with E-state index in [0.717, 1.165) is 47.6 Å². The van der Waals surface area contributed by atoms with Gasteiger partial charge in [0.15, 0.2) is 0 Å². The summed E-state index contributed by atoms with van der Waals surface area (Å²) in [6.45, 7) is 11.9. The summed E-state index contributed by atoms with van der Waals surface area (Å²) in [5.41, 5.74) is 2.78. The van der Waals surface area contributed by atoms with Crippen molar-refractivity contribution in [3.8, 4) is 0 Å². The van der Waals surface area contributed by atoms with Crippen molar-refractivity contribution in [2.75, 3.05) is 6.54 Å². The molecule has 4 fully saturated rings. The van der Waals surface area contributed by atoms with E-state index >= 15 is 0 Å². The molecule has 6 aliphatic rings. The Bertz CT molecular complexity index is 720. The molecule has 2 saturated heterocycles. The molecule has 0 spiro atoms. The zero-order valence-electron chi connectivity index (χ0n) is 18.7. The second kappa shape index (κ2) is 5.99. The fraction of sp³-hybridized carbons (Fsp3) is 0.852. The Morgan fingerprint density at radius 1 is 1.00 bits per heavy atom. The number of nitrogens with zero attached hydrogens (tertiary/aromatic N) is 1. The lowest BCUT2D eigenvalue weighted by molar-refractivity contribution is -0.0452. The molecular weight excluding hydrogens is 338 g/mol. The Labute approximate surface area is 173 Å². The minimum Gasteiger partial charge on any atom is -0.297 e. The minimum absolute atomic E-state index is 0.477. The van der Waals surface area contributed by atoms with E-state index in [-0.39, 0.29) is 0 Å². The van der Waals surface area contributed by atoms with E-state index < -0.39 is 0 Å². The lowest BCUT2D eigenvalue weighted by Crippen LogP contribution is -2.50. The van der Waals surface area contributed by atoms with E-state index in [2.05, 4.69) is 50.8 Å². The molecule has 4 aliphatic carbocycles. The summed E-state index contributed by atoms with van der Waals surface area (Å²) in [4.78, 5) is 3.04. The van der Waals surface area contributed by atoms with Crippen LogP contribution in [0.25, 0.3) is 0 Å². The molecule has 2 aliphatic heterocycles. The van der Waals surface area contributed by atoms with Gasteiger partial charge in [0.05, 0.1) is 0 Å². The molecule has 8 unspecified atom stereocenters. The highest BCUT2D eigenvalue weighted by Crippen LogP contribution is 2.69. The highest BCUT2D eigenvalue weighted by atomic mass is 15.2. The summed E-state index contributed by atoms with van der Waals surface area (Å²) in [5, 5.41) is 0. The standard InChI is InChI=1S/C27H41N/c1-17-8-11-23-18(2)25-24(28(23)16-17)15-22-20-10-9-19-7-5-6-13-26(19,3)21(20)12-14-27(22,25)4/h5,7,9,17-18,20-25H,6,8,10-16H2,1-4H3/t17?,18?,20?,21?,22?,23?,24?,25?,26-,27-/m0/s1. The van der Waals surface area contributed by atoms with Crippen LogP contribution in [0.15, 0.2) is 23.8 Å². The van der Waals surface area contributed by atoms with Gasteiger partial charge in [0, 0.05) is 18.6 Å². The van der Waals surface area contributed by atoms with Crippen LogP contribution in [-0.4, -0.2) is 23.5 Å². The van der Waals surface area contributed by atoms with Gasteiger partial charge in [0.1, 0.15) is 0 Å². The van der Waals surface area contributed by atoms with Crippen molar-refractivity contribution < 1.29 is 0 Å². The minimum atomic E-state index is 0.477. The van der Waals surface area contributed by atoms with Crippen molar-refractivity contribution in [1.82, 2.24) is 4.90 Å². The van der Waals surface area contributed by atoms with E-state index in [4.69, 9.17) is 0 Å². The van der Waals surface area contributed by atoms with Crippen LogP contribution >= 0.6 is 0 Å². The fourth-order valence-electron chi connectivity index (χ4n) is 10.0. The van der Waals surface area contributed by atoms with Gasteiger partial charge in [-0.2, -0.15) is 0 Å². The lowest BCUT2D eigenvalue weighted by Gasteiger charge is -2.57. The number of allylic oxidation sites excluding steroid dienone is 4. The first-order chi connectivity index (χ1) is 13.4. The third-order valence-corrected chi connectivity index (χ3v) is 11.3. The van der Waals surface area contributed by atoms with Gasteiger partial charge in [0.2, 0.25) is 0 Å². The van der Waals surface area contributed by atoms with Gasteiger partial charge in [-0.05, 0) is 103 Å². The van der Waals surface area contributed by atoms with E-state index in [1.807, 2.05) is 0 Å². The maximum atomic E-state index is 3.04. The van der Waals surface area contributed by atoms with Crippen molar-refractivity contribution in [1.29, 1.82) is 0 Å². The van der Waals surface area contributed by atoms with E-state index in [1.165, 1.54) is 57.9 Å². The molecule has 0 aromatic heterocycles. The zero-order valence-corrected chi connectivity index (χ0v) is 18.7. The Balaban J connectivity index is 1.35. The first-order valence-corrected chi connectivity index (χ1v) is 12.6. The van der Waals surface area contributed by atoms with Crippen LogP contribution in [0, 0.1) is 46.3 Å². The van der Waals surface area contributed by atoms with Gasteiger partial charge in [0.25, 0.3) is 0 Å². The molecule has 10 atom stereocenters. The van der Waals surface area contributed by atoms with Gasteiger partial charge in [-0.3, -0.25) is 4.90 Å². The molecule has 0 radical (unpaired) electrons. The first kappa shape index (κ1) is 18.2. The monoisotopic (exact) mass is 379 g/mol. The average Bonchev–Trinajstić information content (AvgIpc) is 3.14. The molecule has 0 bridgehead atoms. The second-order valence-electron chi connectivity index (χ2n) is 12.3. The van der Waals surface area contributed by atoms with Crippen LogP contribution in [0.4, 0.5) is 0 Å². The summed E-state index contributed by atoms with van der Waals surface area (Å²) in [6.07, 6.45) is 19.1. The molecule has 0 amide bonds. The second-order valence-corrected chi connectivity index (χ2v) is 12.3. The van der Waals surface area contributed by atoms with Crippen LogP contribution in [-0.2, 0) is 0 Å². The summed E-state index contributed by atoms with van der Waals surface area (Å²) in [6, 6.07) is 1.81. The summed E-state index contributed by atoms with van der Waals surface area (Å²) in [5.74, 6) is 5.68. The van der Waals surface area contributed by atoms with Crippen LogP contribution in [0.1, 0.15) is 79.1 Å². The molecule has 2 heterocycles. The van der Waals surface area contributed by atoms with E-state index in [1.54, 1.807) is 5.57 Å². The van der Waals surface area contributed by atoms with Gasteiger partial charge in [-0.1, -0.05) is 45.9 Å². The highest BCUT2D eigenvalue weighted by Gasteiger charge is 2.66. The molecule has 6 rings (SSSR count). The number of hydrogen-bond donors (Lipinski definition) is 0. The predicted molar refractivity (Wildman–Crippen MR) is 117 cm³/mol. The first-order valence-electron chi connectivity index (χ1n) is 12.6. The topological polar surface area (TPSA) is 3.24 Å². The zero-order chi connectivity index (χ0) is 19.3. The molecule has 0 aromatic carbocycles. The summed E-state index contributed by atoms with van der Waals surface area (Å²) >= 11 is 0. The van der Waals surface area contributed by atoms with Crippen LogP contribution < -0.4 is 0 Å². The van der Waals surface area contributed by atoms with Crippen molar-refractivity contribution in [3.05, 3.63) is 23.8 Å². The Morgan fingerprint density at radius 3 is 2.71 bits per heavy atom. The third-order valence-electron chi connectivity index (χ3n) is 11.3. The highest BCUT2D eigenvalue weighted by molar-refractivity contribution is 5.34. The number of hydrogen-bond acceptors (Lipinski definition) is 1. The van der Waals surface area contributed by atoms with Gasteiger partial charge < -0.3 is 0 Å². The van der Waals surface area contributed by atoms with Crippen LogP contribution in [0.3, 0.4) is 0 Å². The number of piperidine rings is 1. The van der Waals surface area contributed by atoms with Crippen molar-refractivity contribution in [2.45, 2.75) is 91.1 Å². The molecule has 0 N–H and O–H groups in total. The summed E-state index contributed by atoms with van der Waals surface area (Å²) in [7, 11) is 0. The number of fused-ring (bicyclic) bond motifs is 9. The molecular formula is C27H41N. The van der Waals surface area contributed by atoms with Crippen molar-refractivity contribution in [2.24, 2.45) is 46.3 Å². The SMILES string of the molecule is CC1CCC2C(C)C3C(CC4C5CC=C6C=CCC[C@]6(C)C5CC[C@@]43C)N2C1. The normalized spacial score (nSPS) is 57.6. The molecule has 1 nitrogen and oxygen atoms in total. The largest absolute Gasteiger partial charge is 0.297 e. The predicted octanol–water partition coefficient (Wildman–Crippen LogP) is 6.46. The Hall–Kier alpha value is -0.560. The molecule has 2 saturated carbocycles.